The van der Waals surface area contributed by atoms with Gasteiger partial charge in [0, 0.05) is 50.1 Å². The second-order valence-corrected chi connectivity index (χ2v) is 9.05. The van der Waals surface area contributed by atoms with E-state index in [9.17, 15) is 22.0 Å². The van der Waals surface area contributed by atoms with Crippen LogP contribution in [0.2, 0.25) is 0 Å². The smallest absolute Gasteiger partial charge is 0.435 e. The molecule has 3 aliphatic rings. The van der Waals surface area contributed by atoms with Crippen LogP contribution in [-0.2, 0) is 26.3 Å². The summed E-state index contributed by atoms with van der Waals surface area (Å²) >= 11 is 0. The van der Waals surface area contributed by atoms with Crippen molar-refractivity contribution < 1.29 is 31.4 Å². The number of nitrogens with zero attached hydrogens (tertiary/aromatic N) is 6. The van der Waals surface area contributed by atoms with Gasteiger partial charge in [-0.2, -0.15) is 27.1 Å². The molecule has 0 unspecified atom stereocenters. The van der Waals surface area contributed by atoms with E-state index < -0.39 is 24.4 Å². The third-order valence-electron chi connectivity index (χ3n) is 6.39. The number of aryl methyl sites for hydroxylation is 2. The number of alkyl halides is 5. The normalized spacial score (nSPS) is 13.6. The molecule has 0 atom stereocenters. The maximum Gasteiger partial charge on any atom is 0.435 e. The molecule has 0 spiro atoms. The first-order valence-corrected chi connectivity index (χ1v) is 12.0. The van der Waals surface area contributed by atoms with Crippen LogP contribution in [0, 0.1) is 0 Å². The molecule has 6 rings (SSSR count). The van der Waals surface area contributed by atoms with Crippen molar-refractivity contribution in [1.82, 2.24) is 29.1 Å². The molecule has 5 heterocycles. The molecule has 202 valence electrons. The zero-order chi connectivity index (χ0) is 27.3. The summed E-state index contributed by atoms with van der Waals surface area (Å²) in [6, 6.07) is 12.8. The molecule has 0 aliphatic carbocycles. The molecular formula is C26H21F5N6O2. The van der Waals surface area contributed by atoms with E-state index in [1.54, 1.807) is 22.9 Å². The largest absolute Gasteiger partial charge is 0.477 e. The number of hydrogen-bond acceptors (Lipinski definition) is 5. The minimum atomic E-state index is -4.83. The second kappa shape index (κ2) is 9.40. The van der Waals surface area contributed by atoms with Crippen LogP contribution in [0.15, 0.2) is 54.9 Å². The van der Waals surface area contributed by atoms with Crippen molar-refractivity contribution in [1.29, 1.82) is 0 Å². The van der Waals surface area contributed by atoms with Crippen molar-refractivity contribution in [2.24, 2.45) is 7.05 Å². The van der Waals surface area contributed by atoms with E-state index in [0.29, 0.717) is 24.4 Å². The molecule has 0 N–H and O–H groups in total. The number of fused-ring (bicyclic) bond motifs is 2. The minimum absolute atomic E-state index is 0.0663. The van der Waals surface area contributed by atoms with Gasteiger partial charge in [0.05, 0.1) is 23.4 Å². The van der Waals surface area contributed by atoms with Gasteiger partial charge < -0.3 is 14.0 Å². The molecule has 0 bridgehead atoms. The fourth-order valence-electron chi connectivity index (χ4n) is 4.86. The Labute approximate surface area is 218 Å². The highest BCUT2D eigenvalue weighted by Crippen LogP contribution is 2.51. The molecule has 0 saturated carbocycles. The fraction of sp³-hybridized carbons (Fsp3) is 0.269. The van der Waals surface area contributed by atoms with E-state index in [2.05, 4.69) is 19.9 Å². The van der Waals surface area contributed by atoms with Crippen molar-refractivity contribution in [3.05, 3.63) is 66.1 Å². The summed E-state index contributed by atoms with van der Waals surface area (Å²) < 4.78 is 84.2. The molecule has 39 heavy (non-hydrogen) atoms. The summed E-state index contributed by atoms with van der Waals surface area (Å²) in [5.41, 5.74) is -0.0421. The summed E-state index contributed by atoms with van der Waals surface area (Å²) in [7, 11) is 1.50. The van der Waals surface area contributed by atoms with Crippen molar-refractivity contribution in [2.75, 3.05) is 6.61 Å². The Morgan fingerprint density at radius 3 is 2.56 bits per heavy atom. The van der Waals surface area contributed by atoms with E-state index in [0.717, 1.165) is 5.56 Å². The molecule has 1 aromatic carbocycles. The van der Waals surface area contributed by atoms with E-state index in [1.165, 1.54) is 22.6 Å². The van der Waals surface area contributed by atoms with Gasteiger partial charge >= 0.3 is 12.8 Å². The topological polar surface area (TPSA) is 71.9 Å². The van der Waals surface area contributed by atoms with Crippen LogP contribution in [-0.4, -0.2) is 42.3 Å². The number of pyridine rings is 1. The van der Waals surface area contributed by atoms with Crippen LogP contribution < -0.4 is 9.47 Å². The van der Waals surface area contributed by atoms with Crippen LogP contribution in [0.5, 0.6) is 11.8 Å². The third kappa shape index (κ3) is 4.47. The standard InChI is InChI=1S/C26H21F5N6O2/c1-35-14-17(23(34-35)39-25(27)28)18-16-9-5-10-36(13-15-7-3-2-4-8-15)22(16)32-20(18)19-21(26(29,30)31)33-37-11-6-12-38-24(19)37/h2-5,7-10,14,25H,6,11-13H2,1H3. The summed E-state index contributed by atoms with van der Waals surface area (Å²) in [5, 5.41) is 7.81. The Morgan fingerprint density at radius 2 is 1.82 bits per heavy atom. The number of benzene rings is 1. The van der Waals surface area contributed by atoms with E-state index in [1.807, 2.05) is 30.3 Å². The Kier molecular flexibility index (Phi) is 6.00. The molecule has 13 heteroatoms. The van der Waals surface area contributed by atoms with E-state index in [-0.39, 0.29) is 41.4 Å². The maximum atomic E-state index is 14.3. The maximum absolute atomic E-state index is 14.3. The molecule has 2 aromatic heterocycles. The highest BCUT2D eigenvalue weighted by atomic mass is 19.4. The highest BCUT2D eigenvalue weighted by Gasteiger charge is 2.43. The number of hydrogen-bond donors (Lipinski definition) is 0. The van der Waals surface area contributed by atoms with Crippen molar-refractivity contribution in [2.45, 2.75) is 32.3 Å². The minimum Gasteiger partial charge on any atom is -0.477 e. The Balaban J connectivity index is 1.65. The molecule has 8 nitrogen and oxygen atoms in total. The van der Waals surface area contributed by atoms with Gasteiger partial charge in [-0.3, -0.25) is 4.68 Å². The van der Waals surface area contributed by atoms with Gasteiger partial charge in [0.25, 0.3) is 0 Å². The fourth-order valence-corrected chi connectivity index (χ4v) is 4.86. The van der Waals surface area contributed by atoms with E-state index in [4.69, 9.17) is 4.74 Å². The molecular weight excluding hydrogens is 523 g/mol. The number of aromatic nitrogens is 6. The Bertz CT molecular complexity index is 1610. The van der Waals surface area contributed by atoms with Gasteiger partial charge in [-0.25, -0.2) is 9.67 Å². The number of halogens is 5. The summed E-state index contributed by atoms with van der Waals surface area (Å²) in [6.45, 7) is -2.39. The third-order valence-corrected chi connectivity index (χ3v) is 6.39. The molecule has 3 aliphatic heterocycles. The average molecular weight is 544 g/mol. The Morgan fingerprint density at radius 1 is 1.03 bits per heavy atom. The molecule has 3 aromatic rings. The van der Waals surface area contributed by atoms with Crippen molar-refractivity contribution >= 4 is 0 Å². The summed E-state index contributed by atoms with van der Waals surface area (Å²) in [4.78, 5) is 4.69. The van der Waals surface area contributed by atoms with Crippen LogP contribution in [0.25, 0.3) is 33.8 Å². The van der Waals surface area contributed by atoms with Gasteiger partial charge in [0.1, 0.15) is 5.82 Å². The van der Waals surface area contributed by atoms with Gasteiger partial charge in [-0.1, -0.05) is 30.3 Å². The predicted octanol–water partition coefficient (Wildman–Crippen LogP) is 5.70. The first-order valence-electron chi connectivity index (χ1n) is 12.0. The van der Waals surface area contributed by atoms with E-state index >= 15 is 0 Å². The number of rotatable bonds is 6. The van der Waals surface area contributed by atoms with Gasteiger partial charge in [-0.15, -0.1) is 5.10 Å². The van der Waals surface area contributed by atoms with Crippen LogP contribution in [0.4, 0.5) is 22.0 Å². The first kappa shape index (κ1) is 24.9. The zero-order valence-corrected chi connectivity index (χ0v) is 20.5. The molecule has 0 radical (unpaired) electrons. The lowest BCUT2D eigenvalue weighted by atomic mass is 9.98. The lowest BCUT2D eigenvalue weighted by Gasteiger charge is -2.16. The quantitative estimate of drug-likeness (QED) is 0.257. The molecule has 0 amide bonds. The van der Waals surface area contributed by atoms with Crippen LogP contribution >= 0.6 is 0 Å². The van der Waals surface area contributed by atoms with Crippen LogP contribution in [0.1, 0.15) is 17.7 Å². The second-order valence-electron chi connectivity index (χ2n) is 9.05. The monoisotopic (exact) mass is 544 g/mol. The summed E-state index contributed by atoms with van der Waals surface area (Å²) in [6.07, 6.45) is -1.18. The van der Waals surface area contributed by atoms with Gasteiger partial charge in [0.2, 0.25) is 11.8 Å². The SMILES string of the molecule is Cn1cc(-c2c3cccn(Cc4ccccc4)c-3nc2-c2c(C(F)(F)F)nn3c2OCCC3)c(OC(F)F)n1. The predicted molar refractivity (Wildman–Crippen MR) is 130 cm³/mol. The number of ether oxygens (including phenoxy) is 2. The van der Waals surface area contributed by atoms with Crippen molar-refractivity contribution in [3.63, 3.8) is 0 Å². The Hall–Kier alpha value is -4.42. The lowest BCUT2D eigenvalue weighted by Crippen LogP contribution is -2.15. The highest BCUT2D eigenvalue weighted by molar-refractivity contribution is 5.97. The van der Waals surface area contributed by atoms with Gasteiger partial charge in [-0.05, 0) is 17.7 Å². The zero-order valence-electron chi connectivity index (χ0n) is 20.5. The average Bonchev–Trinajstić information content (AvgIpc) is 3.57. The van der Waals surface area contributed by atoms with Crippen molar-refractivity contribution in [3.8, 4) is 45.5 Å². The van der Waals surface area contributed by atoms with Crippen LogP contribution in [0.3, 0.4) is 0 Å². The lowest BCUT2D eigenvalue weighted by molar-refractivity contribution is -0.141. The summed E-state index contributed by atoms with van der Waals surface area (Å²) in [5.74, 6) is -0.161. The first-order chi connectivity index (χ1) is 18.7. The van der Waals surface area contributed by atoms with Gasteiger partial charge in [0.15, 0.2) is 5.69 Å². The molecule has 0 saturated heterocycles. The molecule has 0 fully saturated rings.